The molecule has 2 atom stereocenters. The van der Waals surface area contributed by atoms with Gasteiger partial charge in [-0.05, 0) is 39.2 Å². The summed E-state index contributed by atoms with van der Waals surface area (Å²) < 4.78 is 5.57. The summed E-state index contributed by atoms with van der Waals surface area (Å²) >= 11 is 1.46. The molecule has 1 amide bonds. The van der Waals surface area contributed by atoms with Crippen LogP contribution in [0.1, 0.15) is 61.4 Å². The fourth-order valence-electron chi connectivity index (χ4n) is 4.25. The molecule has 7 nitrogen and oxygen atoms in total. The number of amides is 1. The summed E-state index contributed by atoms with van der Waals surface area (Å²) in [5.74, 6) is -0.470. The molecule has 2 aromatic heterocycles. The van der Waals surface area contributed by atoms with Crippen molar-refractivity contribution in [1.29, 1.82) is 0 Å². The first-order valence-electron chi connectivity index (χ1n) is 9.85. The molecule has 1 saturated carbocycles. The molecule has 1 aliphatic carbocycles. The monoisotopic (exact) mass is 403 g/mol. The Hall–Kier alpha value is -2.22. The highest BCUT2D eigenvalue weighted by Crippen LogP contribution is 2.31. The van der Waals surface area contributed by atoms with E-state index in [9.17, 15) is 14.4 Å². The van der Waals surface area contributed by atoms with Crippen LogP contribution in [0.2, 0.25) is 0 Å². The number of ether oxygens (including phenoxy) is 1. The molecule has 2 fully saturated rings. The molecule has 2 aromatic rings. The van der Waals surface area contributed by atoms with Crippen molar-refractivity contribution in [3.8, 4) is 0 Å². The lowest BCUT2D eigenvalue weighted by atomic mass is 10.1. The standard InChI is InChI=1S/C20H25N3O4S/c1-10-12(3)28-19-16(10)18(25)21-17(22-19)11(2)27-20(26)13-8-15(24)23(9-13)14-6-4-5-7-14/h11,13-14H,4-9H2,1-3H3,(H,21,22,25)/t11-,13-/m1/s1. The summed E-state index contributed by atoms with van der Waals surface area (Å²) in [7, 11) is 0. The van der Waals surface area contributed by atoms with E-state index in [2.05, 4.69) is 9.97 Å². The topological polar surface area (TPSA) is 92.4 Å². The van der Waals surface area contributed by atoms with Gasteiger partial charge in [0.15, 0.2) is 11.9 Å². The number of hydrogen-bond donors (Lipinski definition) is 1. The molecule has 1 aliphatic heterocycles. The van der Waals surface area contributed by atoms with Crippen LogP contribution in [0.15, 0.2) is 4.79 Å². The number of H-pyrrole nitrogens is 1. The zero-order valence-corrected chi connectivity index (χ0v) is 17.2. The summed E-state index contributed by atoms with van der Waals surface area (Å²) in [5, 5.41) is 0.596. The van der Waals surface area contributed by atoms with E-state index in [0.29, 0.717) is 22.6 Å². The number of carbonyl (C=O) groups is 2. The number of esters is 1. The maximum absolute atomic E-state index is 12.6. The lowest BCUT2D eigenvalue weighted by Gasteiger charge is -2.24. The van der Waals surface area contributed by atoms with E-state index in [-0.39, 0.29) is 23.9 Å². The molecule has 0 unspecified atom stereocenters. The van der Waals surface area contributed by atoms with Crippen molar-refractivity contribution >= 4 is 33.4 Å². The summed E-state index contributed by atoms with van der Waals surface area (Å²) in [4.78, 5) is 48.2. The second-order valence-electron chi connectivity index (χ2n) is 7.88. The zero-order valence-electron chi connectivity index (χ0n) is 16.4. The number of thiophene rings is 1. The number of carbonyl (C=O) groups excluding carboxylic acids is 2. The van der Waals surface area contributed by atoms with Crippen LogP contribution < -0.4 is 5.56 Å². The van der Waals surface area contributed by atoms with Gasteiger partial charge in [0.25, 0.3) is 5.56 Å². The van der Waals surface area contributed by atoms with E-state index < -0.39 is 18.0 Å². The van der Waals surface area contributed by atoms with E-state index >= 15 is 0 Å². The first-order chi connectivity index (χ1) is 13.3. The van der Waals surface area contributed by atoms with Gasteiger partial charge in [-0.3, -0.25) is 14.4 Å². The molecular weight excluding hydrogens is 378 g/mol. The highest BCUT2D eigenvalue weighted by atomic mass is 32.1. The molecule has 0 bridgehead atoms. The predicted octanol–water partition coefficient (Wildman–Crippen LogP) is 3.00. The van der Waals surface area contributed by atoms with Crippen LogP contribution in [-0.4, -0.2) is 39.3 Å². The van der Waals surface area contributed by atoms with Gasteiger partial charge in [0.1, 0.15) is 4.83 Å². The van der Waals surface area contributed by atoms with Crippen molar-refractivity contribution in [3.63, 3.8) is 0 Å². The molecule has 0 spiro atoms. The number of aromatic nitrogens is 2. The normalized spacial score (nSPS) is 21.6. The quantitative estimate of drug-likeness (QED) is 0.792. The largest absolute Gasteiger partial charge is 0.454 e. The van der Waals surface area contributed by atoms with E-state index in [1.165, 1.54) is 11.3 Å². The van der Waals surface area contributed by atoms with Gasteiger partial charge >= 0.3 is 5.97 Å². The summed E-state index contributed by atoms with van der Waals surface area (Å²) in [6, 6.07) is 0.272. The Bertz CT molecular complexity index is 989. The molecule has 1 N–H and O–H groups in total. The molecule has 8 heteroatoms. The maximum Gasteiger partial charge on any atom is 0.311 e. The van der Waals surface area contributed by atoms with Crippen molar-refractivity contribution in [2.45, 2.75) is 65.0 Å². The second-order valence-corrected chi connectivity index (χ2v) is 9.08. The SMILES string of the molecule is Cc1sc2nc([C@@H](C)OC(=O)[C@@H]3CC(=O)N(C4CCCC4)C3)[nH]c(=O)c2c1C. The minimum atomic E-state index is -0.678. The van der Waals surface area contributed by atoms with Crippen LogP contribution in [-0.2, 0) is 14.3 Å². The number of likely N-dealkylation sites (tertiary alicyclic amines) is 1. The number of nitrogens with zero attached hydrogens (tertiary/aromatic N) is 2. The molecule has 0 aromatic carbocycles. The Kier molecular flexibility index (Phi) is 4.99. The van der Waals surface area contributed by atoms with Crippen molar-refractivity contribution < 1.29 is 14.3 Å². The molecule has 3 heterocycles. The van der Waals surface area contributed by atoms with E-state index in [0.717, 1.165) is 36.1 Å². The Labute approximate surface area is 167 Å². The van der Waals surface area contributed by atoms with Gasteiger partial charge in [0.2, 0.25) is 5.91 Å². The second kappa shape index (κ2) is 7.31. The van der Waals surface area contributed by atoms with E-state index in [1.54, 1.807) is 6.92 Å². The van der Waals surface area contributed by atoms with Crippen molar-refractivity contribution in [3.05, 3.63) is 26.6 Å². The Morgan fingerprint density at radius 1 is 1.29 bits per heavy atom. The summed E-state index contributed by atoms with van der Waals surface area (Å²) in [6.07, 6.45) is 3.86. The van der Waals surface area contributed by atoms with Gasteiger partial charge in [-0.15, -0.1) is 11.3 Å². The number of aromatic amines is 1. The van der Waals surface area contributed by atoms with Gasteiger partial charge < -0.3 is 14.6 Å². The maximum atomic E-state index is 12.6. The first kappa shape index (κ1) is 19.1. The average Bonchev–Trinajstić information content (AvgIpc) is 3.35. The number of aryl methyl sites for hydroxylation is 2. The Balaban J connectivity index is 1.47. The molecule has 2 aliphatic rings. The minimum Gasteiger partial charge on any atom is -0.454 e. The van der Waals surface area contributed by atoms with Gasteiger partial charge in [-0.2, -0.15) is 0 Å². The molecule has 4 rings (SSSR count). The molecule has 1 saturated heterocycles. The third kappa shape index (κ3) is 3.34. The smallest absolute Gasteiger partial charge is 0.311 e. The third-order valence-corrected chi connectivity index (χ3v) is 7.09. The molecule has 150 valence electrons. The lowest BCUT2D eigenvalue weighted by molar-refractivity contribution is -0.153. The highest BCUT2D eigenvalue weighted by Gasteiger charge is 2.40. The zero-order chi connectivity index (χ0) is 20.0. The Morgan fingerprint density at radius 2 is 2.00 bits per heavy atom. The van der Waals surface area contributed by atoms with E-state index in [1.807, 2.05) is 18.7 Å². The van der Waals surface area contributed by atoms with Crippen LogP contribution in [0.25, 0.3) is 10.2 Å². The average molecular weight is 404 g/mol. The lowest BCUT2D eigenvalue weighted by Crippen LogP contribution is -2.35. The van der Waals surface area contributed by atoms with Gasteiger partial charge in [-0.1, -0.05) is 12.8 Å². The fraction of sp³-hybridized carbons (Fsp3) is 0.600. The van der Waals surface area contributed by atoms with Gasteiger partial charge in [0, 0.05) is 23.9 Å². The number of fused-ring (bicyclic) bond motifs is 1. The van der Waals surface area contributed by atoms with Crippen molar-refractivity contribution in [2.75, 3.05) is 6.54 Å². The number of nitrogens with one attached hydrogen (secondary N) is 1. The van der Waals surface area contributed by atoms with E-state index in [4.69, 9.17) is 4.74 Å². The van der Waals surface area contributed by atoms with Crippen molar-refractivity contribution in [2.24, 2.45) is 5.92 Å². The van der Waals surface area contributed by atoms with Crippen LogP contribution in [0, 0.1) is 19.8 Å². The van der Waals surface area contributed by atoms with Crippen LogP contribution in [0.5, 0.6) is 0 Å². The molecule has 28 heavy (non-hydrogen) atoms. The fourth-order valence-corrected chi connectivity index (χ4v) is 5.29. The van der Waals surface area contributed by atoms with Gasteiger partial charge in [-0.25, -0.2) is 4.98 Å². The third-order valence-electron chi connectivity index (χ3n) is 5.99. The molecular formula is C20H25N3O4S. The van der Waals surface area contributed by atoms with Gasteiger partial charge in [0.05, 0.1) is 11.3 Å². The van der Waals surface area contributed by atoms with Crippen LogP contribution in [0.4, 0.5) is 0 Å². The Morgan fingerprint density at radius 3 is 2.71 bits per heavy atom. The summed E-state index contributed by atoms with van der Waals surface area (Å²) in [6.45, 7) is 5.99. The number of rotatable bonds is 4. The van der Waals surface area contributed by atoms with Crippen LogP contribution in [0.3, 0.4) is 0 Å². The summed E-state index contributed by atoms with van der Waals surface area (Å²) in [5.41, 5.74) is 0.717. The highest BCUT2D eigenvalue weighted by molar-refractivity contribution is 7.18. The minimum absolute atomic E-state index is 0.0407. The predicted molar refractivity (Wildman–Crippen MR) is 106 cm³/mol. The first-order valence-corrected chi connectivity index (χ1v) is 10.7. The van der Waals surface area contributed by atoms with Crippen molar-refractivity contribution in [1.82, 2.24) is 14.9 Å². The number of hydrogen-bond acceptors (Lipinski definition) is 6. The van der Waals surface area contributed by atoms with Crippen LogP contribution >= 0.6 is 11.3 Å². The molecule has 0 radical (unpaired) electrons.